The highest BCUT2D eigenvalue weighted by atomic mass is 16.5. The minimum atomic E-state index is 0.827. The van der Waals surface area contributed by atoms with Gasteiger partial charge in [0.25, 0.3) is 0 Å². The topological polar surface area (TPSA) is 21.7 Å². The lowest BCUT2D eigenvalue weighted by molar-refractivity contribution is 0.0370. The Bertz CT molecular complexity index is 310. The Balaban J connectivity index is 1.46. The fourth-order valence-electron chi connectivity index (χ4n) is 2.15. The molecule has 100 valence electrons. The van der Waals surface area contributed by atoms with Crippen LogP contribution in [0.4, 0.5) is 0 Å². The van der Waals surface area contributed by atoms with Crippen LogP contribution in [-0.4, -0.2) is 44.4 Å². The highest BCUT2D eigenvalue weighted by Crippen LogP contribution is 2.09. The van der Waals surface area contributed by atoms with Gasteiger partial charge in [0.2, 0.25) is 0 Å². The van der Waals surface area contributed by atoms with Gasteiger partial charge < -0.3 is 9.47 Å². The van der Waals surface area contributed by atoms with E-state index in [2.05, 4.69) is 4.90 Å². The first-order valence-electron chi connectivity index (χ1n) is 6.93. The van der Waals surface area contributed by atoms with Crippen LogP contribution >= 0.6 is 0 Å². The van der Waals surface area contributed by atoms with Crippen molar-refractivity contribution >= 4 is 0 Å². The van der Waals surface area contributed by atoms with Crippen LogP contribution in [0.2, 0.25) is 0 Å². The number of hydrogen-bond donors (Lipinski definition) is 0. The number of morpholine rings is 1. The molecule has 0 atom stereocenters. The molecular weight excluding hydrogens is 226 g/mol. The van der Waals surface area contributed by atoms with Gasteiger partial charge in [-0.2, -0.15) is 0 Å². The first-order valence-corrected chi connectivity index (χ1v) is 6.93. The summed E-state index contributed by atoms with van der Waals surface area (Å²) in [5, 5.41) is 0. The predicted molar refractivity (Wildman–Crippen MR) is 73.0 cm³/mol. The van der Waals surface area contributed by atoms with Gasteiger partial charge in [0, 0.05) is 13.1 Å². The average Bonchev–Trinajstić information content (AvgIpc) is 2.45. The molecule has 0 N–H and O–H groups in total. The second kappa shape index (κ2) is 8.11. The molecule has 0 saturated carbocycles. The van der Waals surface area contributed by atoms with Crippen molar-refractivity contribution in [2.75, 3.05) is 39.5 Å². The lowest BCUT2D eigenvalue weighted by Crippen LogP contribution is -2.36. The van der Waals surface area contributed by atoms with Crippen molar-refractivity contribution in [3.8, 4) is 5.75 Å². The third-order valence-electron chi connectivity index (χ3n) is 3.23. The molecule has 3 nitrogen and oxygen atoms in total. The Kier molecular flexibility index (Phi) is 6.03. The summed E-state index contributed by atoms with van der Waals surface area (Å²) in [6, 6.07) is 10.0. The van der Waals surface area contributed by atoms with Gasteiger partial charge in [0.05, 0.1) is 19.8 Å². The molecule has 1 fully saturated rings. The number of hydrogen-bond acceptors (Lipinski definition) is 3. The Hall–Kier alpha value is -1.06. The monoisotopic (exact) mass is 249 g/mol. The van der Waals surface area contributed by atoms with Crippen molar-refractivity contribution in [3.05, 3.63) is 30.3 Å². The largest absolute Gasteiger partial charge is 0.494 e. The summed E-state index contributed by atoms with van der Waals surface area (Å²) in [4.78, 5) is 2.49. The zero-order valence-electron chi connectivity index (χ0n) is 11.0. The van der Waals surface area contributed by atoms with Crippen LogP contribution in [0.1, 0.15) is 19.3 Å². The van der Waals surface area contributed by atoms with Crippen LogP contribution in [0.15, 0.2) is 30.3 Å². The molecule has 1 aromatic rings. The van der Waals surface area contributed by atoms with E-state index in [0.717, 1.165) is 45.1 Å². The standard InChI is InChI=1S/C15H23NO2/c1-3-7-15(8-4-1)18-12-6-2-5-9-16-10-13-17-14-11-16/h1,3-4,7-8H,2,5-6,9-14H2. The van der Waals surface area contributed by atoms with Crippen LogP contribution in [0.25, 0.3) is 0 Å². The molecule has 0 radical (unpaired) electrons. The molecule has 1 aliphatic rings. The normalized spacial score (nSPS) is 16.7. The van der Waals surface area contributed by atoms with Gasteiger partial charge in [0.15, 0.2) is 0 Å². The zero-order valence-corrected chi connectivity index (χ0v) is 11.0. The van der Waals surface area contributed by atoms with Gasteiger partial charge in [-0.15, -0.1) is 0 Å². The minimum absolute atomic E-state index is 0.827. The van der Waals surface area contributed by atoms with Crippen LogP contribution in [0.3, 0.4) is 0 Å². The summed E-state index contributed by atoms with van der Waals surface area (Å²) in [6.45, 7) is 6.02. The zero-order chi connectivity index (χ0) is 12.5. The Morgan fingerprint density at radius 2 is 1.78 bits per heavy atom. The fraction of sp³-hybridized carbons (Fsp3) is 0.600. The molecule has 0 spiro atoms. The smallest absolute Gasteiger partial charge is 0.119 e. The highest BCUT2D eigenvalue weighted by Gasteiger charge is 2.08. The SMILES string of the molecule is c1ccc(OCCCCCN2CCOCC2)cc1. The van der Waals surface area contributed by atoms with E-state index in [1.807, 2.05) is 30.3 Å². The summed E-state index contributed by atoms with van der Waals surface area (Å²) in [6.07, 6.45) is 3.64. The van der Waals surface area contributed by atoms with E-state index >= 15 is 0 Å². The van der Waals surface area contributed by atoms with Gasteiger partial charge in [-0.3, -0.25) is 4.90 Å². The van der Waals surface area contributed by atoms with Gasteiger partial charge in [-0.1, -0.05) is 18.2 Å². The number of para-hydroxylation sites is 1. The molecular formula is C15H23NO2. The molecule has 0 aliphatic carbocycles. The van der Waals surface area contributed by atoms with Gasteiger partial charge in [0.1, 0.15) is 5.75 Å². The number of rotatable bonds is 7. The third kappa shape index (κ3) is 5.07. The van der Waals surface area contributed by atoms with E-state index in [-0.39, 0.29) is 0 Å². The number of nitrogens with zero attached hydrogens (tertiary/aromatic N) is 1. The lowest BCUT2D eigenvalue weighted by Gasteiger charge is -2.26. The molecule has 1 saturated heterocycles. The van der Waals surface area contributed by atoms with Crippen molar-refractivity contribution in [1.29, 1.82) is 0 Å². The second-order valence-electron chi connectivity index (χ2n) is 4.68. The van der Waals surface area contributed by atoms with Crippen LogP contribution in [-0.2, 0) is 4.74 Å². The number of benzene rings is 1. The minimum Gasteiger partial charge on any atom is -0.494 e. The van der Waals surface area contributed by atoms with E-state index in [0.29, 0.717) is 0 Å². The quantitative estimate of drug-likeness (QED) is 0.693. The number of unbranched alkanes of at least 4 members (excludes halogenated alkanes) is 2. The third-order valence-corrected chi connectivity index (χ3v) is 3.23. The molecule has 0 aromatic heterocycles. The average molecular weight is 249 g/mol. The maximum Gasteiger partial charge on any atom is 0.119 e. The molecule has 2 rings (SSSR count). The van der Waals surface area contributed by atoms with E-state index in [4.69, 9.17) is 9.47 Å². The molecule has 1 heterocycles. The van der Waals surface area contributed by atoms with Gasteiger partial charge in [-0.25, -0.2) is 0 Å². The van der Waals surface area contributed by atoms with Crippen molar-refractivity contribution in [1.82, 2.24) is 4.90 Å². The van der Waals surface area contributed by atoms with Crippen molar-refractivity contribution < 1.29 is 9.47 Å². The first-order chi connectivity index (χ1) is 8.95. The van der Waals surface area contributed by atoms with Crippen LogP contribution < -0.4 is 4.74 Å². The fourth-order valence-corrected chi connectivity index (χ4v) is 2.15. The Labute approximate surface area is 110 Å². The summed E-state index contributed by atoms with van der Waals surface area (Å²) < 4.78 is 11.0. The molecule has 0 amide bonds. The molecule has 1 aliphatic heterocycles. The number of ether oxygens (including phenoxy) is 2. The van der Waals surface area contributed by atoms with Crippen molar-refractivity contribution in [3.63, 3.8) is 0 Å². The van der Waals surface area contributed by atoms with Gasteiger partial charge >= 0.3 is 0 Å². The second-order valence-corrected chi connectivity index (χ2v) is 4.68. The summed E-state index contributed by atoms with van der Waals surface area (Å²) in [5.41, 5.74) is 0. The van der Waals surface area contributed by atoms with E-state index in [1.165, 1.54) is 19.4 Å². The van der Waals surface area contributed by atoms with Crippen molar-refractivity contribution in [2.24, 2.45) is 0 Å². The molecule has 0 bridgehead atoms. The van der Waals surface area contributed by atoms with E-state index < -0.39 is 0 Å². The summed E-state index contributed by atoms with van der Waals surface area (Å²) >= 11 is 0. The molecule has 1 aromatic carbocycles. The van der Waals surface area contributed by atoms with Crippen molar-refractivity contribution in [2.45, 2.75) is 19.3 Å². The molecule has 0 unspecified atom stereocenters. The highest BCUT2D eigenvalue weighted by molar-refractivity contribution is 5.20. The molecule has 3 heteroatoms. The van der Waals surface area contributed by atoms with Gasteiger partial charge in [-0.05, 0) is 37.9 Å². The van der Waals surface area contributed by atoms with Crippen LogP contribution in [0, 0.1) is 0 Å². The maximum atomic E-state index is 5.66. The first kappa shape index (κ1) is 13.4. The summed E-state index contributed by atoms with van der Waals surface area (Å²) in [7, 11) is 0. The summed E-state index contributed by atoms with van der Waals surface area (Å²) in [5.74, 6) is 0.977. The lowest BCUT2D eigenvalue weighted by atomic mass is 10.2. The predicted octanol–water partition coefficient (Wildman–Crippen LogP) is 2.57. The Morgan fingerprint density at radius 3 is 2.56 bits per heavy atom. The van der Waals surface area contributed by atoms with E-state index in [1.54, 1.807) is 0 Å². The Morgan fingerprint density at radius 1 is 1.00 bits per heavy atom. The maximum absolute atomic E-state index is 5.66. The van der Waals surface area contributed by atoms with Crippen LogP contribution in [0.5, 0.6) is 5.75 Å². The molecule has 18 heavy (non-hydrogen) atoms. The van der Waals surface area contributed by atoms with E-state index in [9.17, 15) is 0 Å².